The van der Waals surface area contributed by atoms with Crippen molar-refractivity contribution in [1.29, 1.82) is 0 Å². The highest BCUT2D eigenvalue weighted by Gasteiger charge is 2.33. The van der Waals surface area contributed by atoms with Gasteiger partial charge in [0.05, 0.1) is 11.8 Å². The number of carbonyl (C=O) groups excluding carboxylic acids is 1. The maximum Gasteiger partial charge on any atom is 0.307 e. The van der Waals surface area contributed by atoms with Crippen molar-refractivity contribution in [2.75, 3.05) is 0 Å². The van der Waals surface area contributed by atoms with Crippen molar-refractivity contribution in [2.45, 2.75) is 12.8 Å². The van der Waals surface area contributed by atoms with Gasteiger partial charge in [0.2, 0.25) is 5.91 Å². The Kier molecular flexibility index (Phi) is 5.56. The van der Waals surface area contributed by atoms with Crippen LogP contribution in [0.3, 0.4) is 0 Å². The summed E-state index contributed by atoms with van der Waals surface area (Å²) >= 11 is 0. The van der Waals surface area contributed by atoms with Crippen LogP contribution in [0.1, 0.15) is 11.1 Å². The SMILES string of the molecule is NC(=O)[C@H](Cc1ccc(O)c(O)c1)[C@@H](Cc1ccc(O)c(O)c1)C(=O)O. The van der Waals surface area contributed by atoms with Gasteiger partial charge in [0.15, 0.2) is 23.0 Å². The van der Waals surface area contributed by atoms with Gasteiger partial charge in [-0.15, -0.1) is 0 Å². The molecule has 138 valence electrons. The molecule has 26 heavy (non-hydrogen) atoms. The van der Waals surface area contributed by atoms with E-state index in [-0.39, 0.29) is 30.1 Å². The number of aromatic hydroxyl groups is 4. The summed E-state index contributed by atoms with van der Waals surface area (Å²) < 4.78 is 0. The summed E-state index contributed by atoms with van der Waals surface area (Å²) in [7, 11) is 0. The third-order valence-electron chi connectivity index (χ3n) is 4.16. The van der Waals surface area contributed by atoms with E-state index < -0.39 is 29.5 Å². The Labute approximate surface area is 148 Å². The average molecular weight is 361 g/mol. The van der Waals surface area contributed by atoms with E-state index in [0.717, 1.165) is 0 Å². The molecule has 0 saturated heterocycles. The van der Waals surface area contributed by atoms with Crippen molar-refractivity contribution < 1.29 is 35.1 Å². The molecule has 2 aromatic rings. The van der Waals surface area contributed by atoms with E-state index in [9.17, 15) is 35.1 Å². The minimum atomic E-state index is -1.25. The number of carboxylic acid groups (broad SMARTS) is 1. The highest BCUT2D eigenvalue weighted by molar-refractivity contribution is 5.84. The maximum atomic E-state index is 11.9. The molecule has 0 bridgehead atoms. The summed E-state index contributed by atoms with van der Waals surface area (Å²) in [5.41, 5.74) is 6.24. The van der Waals surface area contributed by atoms with Gasteiger partial charge >= 0.3 is 5.97 Å². The Balaban J connectivity index is 2.30. The van der Waals surface area contributed by atoms with Gasteiger partial charge in [0.1, 0.15) is 0 Å². The van der Waals surface area contributed by atoms with Crippen LogP contribution in [0.25, 0.3) is 0 Å². The van der Waals surface area contributed by atoms with Crippen molar-refractivity contribution in [3.05, 3.63) is 47.5 Å². The van der Waals surface area contributed by atoms with E-state index >= 15 is 0 Å². The van der Waals surface area contributed by atoms with Gasteiger partial charge < -0.3 is 31.3 Å². The van der Waals surface area contributed by atoms with Crippen molar-refractivity contribution in [2.24, 2.45) is 17.6 Å². The first kappa shape index (κ1) is 18.9. The molecule has 1 amide bonds. The molecule has 0 spiro atoms. The lowest BCUT2D eigenvalue weighted by Gasteiger charge is -2.22. The molecule has 8 nitrogen and oxygen atoms in total. The molecule has 0 unspecified atom stereocenters. The monoisotopic (exact) mass is 361 g/mol. The number of benzene rings is 2. The Morgan fingerprint density at radius 3 is 1.54 bits per heavy atom. The number of phenolic OH excluding ortho intramolecular Hbond substituents is 4. The van der Waals surface area contributed by atoms with Crippen LogP contribution in [0.15, 0.2) is 36.4 Å². The third kappa shape index (κ3) is 4.35. The number of rotatable bonds is 7. The molecule has 8 heteroatoms. The van der Waals surface area contributed by atoms with Crippen molar-refractivity contribution in [3.8, 4) is 23.0 Å². The summed E-state index contributed by atoms with van der Waals surface area (Å²) in [5, 5.41) is 47.3. The Morgan fingerprint density at radius 1 is 0.769 bits per heavy atom. The van der Waals surface area contributed by atoms with Crippen LogP contribution < -0.4 is 5.73 Å². The van der Waals surface area contributed by atoms with Crippen LogP contribution in [-0.4, -0.2) is 37.4 Å². The van der Waals surface area contributed by atoms with Gasteiger partial charge in [0.25, 0.3) is 0 Å². The second kappa shape index (κ2) is 7.64. The quantitative estimate of drug-likeness (QED) is 0.402. The van der Waals surface area contributed by atoms with Gasteiger partial charge in [-0.1, -0.05) is 12.1 Å². The molecule has 0 aromatic heterocycles. The first-order valence-corrected chi connectivity index (χ1v) is 7.73. The second-order valence-electron chi connectivity index (χ2n) is 6.01. The largest absolute Gasteiger partial charge is 0.504 e. The molecule has 2 atom stereocenters. The van der Waals surface area contributed by atoms with Crippen LogP contribution in [0.2, 0.25) is 0 Å². The second-order valence-corrected chi connectivity index (χ2v) is 6.01. The number of hydrogen-bond donors (Lipinski definition) is 6. The number of carbonyl (C=O) groups is 2. The van der Waals surface area contributed by atoms with Crippen LogP contribution in [0.5, 0.6) is 23.0 Å². The first-order valence-electron chi connectivity index (χ1n) is 7.73. The number of primary amides is 1. The molecule has 0 aliphatic carbocycles. The molecule has 0 heterocycles. The van der Waals surface area contributed by atoms with Crippen LogP contribution in [0, 0.1) is 11.8 Å². The zero-order chi connectivity index (χ0) is 19.4. The molecule has 0 radical (unpaired) electrons. The van der Waals surface area contributed by atoms with E-state index in [0.29, 0.717) is 11.1 Å². The minimum Gasteiger partial charge on any atom is -0.504 e. The first-order chi connectivity index (χ1) is 12.2. The normalized spacial score (nSPS) is 13.1. The minimum absolute atomic E-state index is 0.0514. The molecular formula is C18H19NO7. The van der Waals surface area contributed by atoms with Crippen molar-refractivity contribution in [1.82, 2.24) is 0 Å². The average Bonchev–Trinajstić information content (AvgIpc) is 2.56. The molecular weight excluding hydrogens is 342 g/mol. The highest BCUT2D eigenvalue weighted by atomic mass is 16.4. The van der Waals surface area contributed by atoms with E-state index in [1.807, 2.05) is 0 Å². The van der Waals surface area contributed by atoms with E-state index in [1.165, 1.54) is 36.4 Å². The maximum absolute atomic E-state index is 11.9. The lowest BCUT2D eigenvalue weighted by atomic mass is 9.82. The Hall–Kier alpha value is -3.42. The Bertz CT molecular complexity index is 765. The van der Waals surface area contributed by atoms with E-state index in [4.69, 9.17) is 5.73 Å². The molecule has 0 fully saturated rings. The topological polar surface area (TPSA) is 161 Å². The lowest BCUT2D eigenvalue weighted by Crippen LogP contribution is -2.37. The zero-order valence-electron chi connectivity index (χ0n) is 13.7. The Morgan fingerprint density at radius 2 is 1.19 bits per heavy atom. The zero-order valence-corrected chi connectivity index (χ0v) is 13.7. The number of hydrogen-bond acceptors (Lipinski definition) is 6. The fraction of sp³-hybridized carbons (Fsp3) is 0.222. The molecule has 0 aliphatic heterocycles. The third-order valence-corrected chi connectivity index (χ3v) is 4.16. The van der Waals surface area contributed by atoms with Crippen LogP contribution in [-0.2, 0) is 22.4 Å². The van der Waals surface area contributed by atoms with Crippen molar-refractivity contribution >= 4 is 11.9 Å². The molecule has 2 aromatic carbocycles. The molecule has 2 rings (SSSR count). The fourth-order valence-corrected chi connectivity index (χ4v) is 2.74. The predicted molar refractivity (Wildman–Crippen MR) is 90.8 cm³/mol. The number of amides is 1. The summed E-state index contributed by atoms with van der Waals surface area (Å²) in [4.78, 5) is 23.6. The summed E-state index contributed by atoms with van der Waals surface area (Å²) in [6, 6.07) is 7.80. The van der Waals surface area contributed by atoms with Gasteiger partial charge in [-0.25, -0.2) is 0 Å². The smallest absolute Gasteiger partial charge is 0.307 e. The summed E-state index contributed by atoms with van der Waals surface area (Å²) in [6.07, 6.45) is -0.148. The van der Waals surface area contributed by atoms with Crippen molar-refractivity contribution in [3.63, 3.8) is 0 Å². The van der Waals surface area contributed by atoms with Crippen LogP contribution in [0.4, 0.5) is 0 Å². The number of phenols is 4. The number of nitrogens with two attached hydrogens (primary N) is 1. The molecule has 7 N–H and O–H groups in total. The van der Waals surface area contributed by atoms with Gasteiger partial charge in [-0.2, -0.15) is 0 Å². The van der Waals surface area contributed by atoms with Crippen LogP contribution >= 0.6 is 0 Å². The number of carboxylic acids is 1. The lowest BCUT2D eigenvalue weighted by molar-refractivity contribution is -0.146. The predicted octanol–water partition coefficient (Wildman–Crippen LogP) is 1.10. The summed E-state index contributed by atoms with van der Waals surface area (Å²) in [5.74, 6) is -5.81. The van der Waals surface area contributed by atoms with E-state index in [1.54, 1.807) is 0 Å². The fourth-order valence-electron chi connectivity index (χ4n) is 2.74. The number of aliphatic carboxylic acids is 1. The molecule has 0 saturated carbocycles. The standard InChI is InChI=1S/C18H19NO7/c19-17(24)11(5-9-1-3-13(20)15(22)7-9)12(18(25)26)6-10-2-4-14(21)16(23)8-10/h1-4,7-8,11-12,20-23H,5-6H2,(H2,19,24)(H,25,26)/t11-,12-/m1/s1. The van der Waals surface area contributed by atoms with Gasteiger partial charge in [0, 0.05) is 0 Å². The van der Waals surface area contributed by atoms with Gasteiger partial charge in [-0.05, 0) is 48.2 Å². The van der Waals surface area contributed by atoms with Gasteiger partial charge in [-0.3, -0.25) is 9.59 Å². The van der Waals surface area contributed by atoms with E-state index in [2.05, 4.69) is 0 Å². The highest BCUT2D eigenvalue weighted by Crippen LogP contribution is 2.30. The summed E-state index contributed by atoms with van der Waals surface area (Å²) in [6.45, 7) is 0. The molecule has 0 aliphatic rings.